The van der Waals surface area contributed by atoms with Crippen LogP contribution in [0.15, 0.2) is 45.8 Å². The number of hydrogen-bond acceptors (Lipinski definition) is 4. The largest absolute Gasteiger partial charge is 0.422 e. The molecule has 1 N–H and O–H groups in total. The van der Waals surface area contributed by atoms with Crippen LogP contribution in [0.3, 0.4) is 0 Å². The molecule has 0 unspecified atom stereocenters. The predicted octanol–water partition coefficient (Wildman–Crippen LogP) is 5.12. The third-order valence-corrected chi connectivity index (χ3v) is 4.98. The Morgan fingerprint density at radius 1 is 1.22 bits per heavy atom. The molecule has 4 aromatic rings. The summed E-state index contributed by atoms with van der Waals surface area (Å²) in [6.45, 7) is 5.51. The van der Waals surface area contributed by atoms with Crippen molar-refractivity contribution in [2.75, 3.05) is 11.4 Å². The second kappa shape index (κ2) is 5.94. The summed E-state index contributed by atoms with van der Waals surface area (Å²) in [5.41, 5.74) is 6.85. The molecule has 0 saturated heterocycles. The first-order valence-corrected chi connectivity index (χ1v) is 9.03. The van der Waals surface area contributed by atoms with Crippen molar-refractivity contribution in [2.45, 2.75) is 26.8 Å². The molecule has 136 valence electrons. The van der Waals surface area contributed by atoms with Crippen LogP contribution in [-0.4, -0.2) is 22.2 Å². The van der Waals surface area contributed by atoms with Gasteiger partial charge in [-0.3, -0.25) is 0 Å². The van der Waals surface area contributed by atoms with E-state index in [1.54, 1.807) is 6.07 Å². The maximum absolute atomic E-state index is 13.5. The first-order valence-electron chi connectivity index (χ1n) is 9.03. The minimum absolute atomic E-state index is 0.213. The van der Waals surface area contributed by atoms with Gasteiger partial charge in [0, 0.05) is 53.1 Å². The Morgan fingerprint density at radius 3 is 2.96 bits per heavy atom. The monoisotopic (exact) mass is 362 g/mol. The number of benzene rings is 2. The standard InChI is InChI=1S/C21H19FN4O/c1-12(2)23-21-25-19-10-14(4-6-20(19)27-21)26-8-7-17-16(11-26)15-5-3-13(22)9-18(15)24-17/h3-6,9-10,24H,7-8,11H2,1-2H3. The molecule has 5 rings (SSSR count). The van der Waals surface area contributed by atoms with Crippen LogP contribution in [-0.2, 0) is 13.0 Å². The molecule has 1 aliphatic rings. The number of oxazole rings is 1. The lowest BCUT2D eigenvalue weighted by molar-refractivity contribution is 0.613. The zero-order chi connectivity index (χ0) is 18.5. The Labute approximate surface area is 155 Å². The molecule has 2 aromatic carbocycles. The van der Waals surface area contributed by atoms with E-state index >= 15 is 0 Å². The highest BCUT2D eigenvalue weighted by molar-refractivity contribution is 5.86. The van der Waals surface area contributed by atoms with Gasteiger partial charge >= 0.3 is 6.01 Å². The molecule has 0 atom stereocenters. The highest BCUT2D eigenvalue weighted by Crippen LogP contribution is 2.32. The van der Waals surface area contributed by atoms with Crippen LogP contribution in [0, 0.1) is 5.82 Å². The lowest BCUT2D eigenvalue weighted by atomic mass is 10.0. The summed E-state index contributed by atoms with van der Waals surface area (Å²) in [7, 11) is 0. The summed E-state index contributed by atoms with van der Waals surface area (Å²) in [6.07, 6.45) is 0.896. The Balaban J connectivity index is 1.50. The van der Waals surface area contributed by atoms with Crippen molar-refractivity contribution in [3.05, 3.63) is 53.5 Å². The number of halogens is 1. The maximum Gasteiger partial charge on any atom is 0.322 e. The Bertz CT molecular complexity index is 1200. The van der Waals surface area contributed by atoms with Crippen LogP contribution in [0.1, 0.15) is 25.1 Å². The van der Waals surface area contributed by atoms with E-state index in [4.69, 9.17) is 4.42 Å². The van der Waals surface area contributed by atoms with E-state index in [1.165, 1.54) is 17.3 Å². The van der Waals surface area contributed by atoms with Gasteiger partial charge in [0.1, 0.15) is 11.3 Å². The Hall–Kier alpha value is -3.15. The fraction of sp³-hybridized carbons (Fsp3) is 0.238. The Kier molecular flexibility index (Phi) is 3.53. The van der Waals surface area contributed by atoms with E-state index in [2.05, 4.69) is 25.9 Å². The maximum atomic E-state index is 13.5. The molecule has 3 heterocycles. The molecule has 0 amide bonds. The first kappa shape index (κ1) is 16.1. The van der Waals surface area contributed by atoms with Gasteiger partial charge in [-0.2, -0.15) is 4.98 Å². The van der Waals surface area contributed by atoms with Crippen molar-refractivity contribution in [1.29, 1.82) is 0 Å². The van der Waals surface area contributed by atoms with Crippen LogP contribution < -0.4 is 4.90 Å². The zero-order valence-corrected chi connectivity index (χ0v) is 15.2. The molecule has 27 heavy (non-hydrogen) atoms. The Morgan fingerprint density at radius 2 is 2.11 bits per heavy atom. The number of rotatable bonds is 2. The van der Waals surface area contributed by atoms with E-state index in [9.17, 15) is 4.39 Å². The number of hydrogen-bond donors (Lipinski definition) is 1. The fourth-order valence-electron chi connectivity index (χ4n) is 3.75. The smallest absolute Gasteiger partial charge is 0.322 e. The summed E-state index contributed by atoms with van der Waals surface area (Å²) < 4.78 is 19.2. The minimum atomic E-state index is -0.213. The van der Waals surface area contributed by atoms with Crippen LogP contribution in [0.4, 0.5) is 16.1 Å². The number of aromatic amines is 1. The first-order chi connectivity index (χ1) is 13.1. The van der Waals surface area contributed by atoms with Gasteiger partial charge in [-0.1, -0.05) is 0 Å². The molecule has 1 aliphatic heterocycles. The highest BCUT2D eigenvalue weighted by atomic mass is 19.1. The van der Waals surface area contributed by atoms with Crippen molar-refractivity contribution in [1.82, 2.24) is 9.97 Å². The number of nitrogens with one attached hydrogen (secondary N) is 1. The predicted molar refractivity (Wildman–Crippen MR) is 105 cm³/mol. The number of nitrogens with zero attached hydrogens (tertiary/aromatic N) is 3. The van der Waals surface area contributed by atoms with E-state index in [1.807, 2.05) is 32.0 Å². The van der Waals surface area contributed by atoms with E-state index in [0.717, 1.165) is 52.9 Å². The fourth-order valence-corrected chi connectivity index (χ4v) is 3.75. The second-order valence-corrected chi connectivity index (χ2v) is 7.15. The van der Waals surface area contributed by atoms with Gasteiger partial charge in [-0.15, -0.1) is 0 Å². The van der Waals surface area contributed by atoms with Crippen molar-refractivity contribution in [2.24, 2.45) is 4.99 Å². The molecule has 0 fully saturated rings. The summed E-state index contributed by atoms with van der Waals surface area (Å²) in [4.78, 5) is 14.5. The van der Waals surface area contributed by atoms with Gasteiger partial charge in [0.15, 0.2) is 5.58 Å². The summed E-state index contributed by atoms with van der Waals surface area (Å²) in [5.74, 6) is -0.213. The molecular formula is C21H19FN4O. The average molecular weight is 362 g/mol. The summed E-state index contributed by atoms with van der Waals surface area (Å²) in [5, 5.41) is 1.09. The summed E-state index contributed by atoms with van der Waals surface area (Å²) >= 11 is 0. The van der Waals surface area contributed by atoms with Gasteiger partial charge in [0.05, 0.1) is 0 Å². The number of aliphatic imine (C=N–C) groups is 1. The SMILES string of the molecule is CC(C)=Nc1nc2cc(N3CCc4[nH]c5cc(F)ccc5c4C3)ccc2o1. The van der Waals surface area contributed by atoms with Gasteiger partial charge in [-0.05, 0) is 50.2 Å². The van der Waals surface area contributed by atoms with E-state index < -0.39 is 0 Å². The molecule has 0 aliphatic carbocycles. The number of fused-ring (bicyclic) bond motifs is 4. The molecular weight excluding hydrogens is 343 g/mol. The molecule has 0 saturated carbocycles. The van der Waals surface area contributed by atoms with Crippen LogP contribution >= 0.6 is 0 Å². The zero-order valence-electron chi connectivity index (χ0n) is 15.2. The number of anilines is 1. The quantitative estimate of drug-likeness (QED) is 0.503. The topological polar surface area (TPSA) is 57.4 Å². The lowest BCUT2D eigenvalue weighted by Crippen LogP contribution is -2.29. The molecule has 2 aromatic heterocycles. The lowest BCUT2D eigenvalue weighted by Gasteiger charge is -2.29. The van der Waals surface area contributed by atoms with Crippen LogP contribution in [0.2, 0.25) is 0 Å². The van der Waals surface area contributed by atoms with Crippen molar-refractivity contribution < 1.29 is 8.81 Å². The van der Waals surface area contributed by atoms with Gasteiger partial charge in [-0.25, -0.2) is 9.38 Å². The van der Waals surface area contributed by atoms with Gasteiger partial charge in [0.2, 0.25) is 0 Å². The summed E-state index contributed by atoms with van der Waals surface area (Å²) in [6, 6.07) is 11.4. The van der Waals surface area contributed by atoms with E-state index in [0.29, 0.717) is 6.01 Å². The average Bonchev–Trinajstić information content (AvgIpc) is 3.19. The number of aromatic nitrogens is 2. The molecule has 0 spiro atoms. The second-order valence-electron chi connectivity index (χ2n) is 7.15. The third-order valence-electron chi connectivity index (χ3n) is 4.98. The van der Waals surface area contributed by atoms with Crippen LogP contribution in [0.5, 0.6) is 0 Å². The normalized spacial score (nSPS) is 14.0. The van der Waals surface area contributed by atoms with Crippen LogP contribution in [0.25, 0.3) is 22.0 Å². The third kappa shape index (κ3) is 2.77. The van der Waals surface area contributed by atoms with E-state index in [-0.39, 0.29) is 5.82 Å². The molecule has 0 radical (unpaired) electrons. The van der Waals surface area contributed by atoms with Crippen molar-refractivity contribution >= 4 is 39.4 Å². The highest BCUT2D eigenvalue weighted by Gasteiger charge is 2.21. The van der Waals surface area contributed by atoms with Crippen molar-refractivity contribution in [3.8, 4) is 0 Å². The van der Waals surface area contributed by atoms with Gasteiger partial charge < -0.3 is 14.3 Å². The van der Waals surface area contributed by atoms with Gasteiger partial charge in [0.25, 0.3) is 0 Å². The molecule has 0 bridgehead atoms. The molecule has 5 nitrogen and oxygen atoms in total. The number of H-pyrrole nitrogens is 1. The molecule has 6 heteroatoms. The minimum Gasteiger partial charge on any atom is -0.422 e. The van der Waals surface area contributed by atoms with Crippen molar-refractivity contribution in [3.63, 3.8) is 0 Å².